The van der Waals surface area contributed by atoms with Gasteiger partial charge >= 0.3 is 5.97 Å². The van der Waals surface area contributed by atoms with Crippen LogP contribution in [-0.4, -0.2) is 30.4 Å². The quantitative estimate of drug-likeness (QED) is 0.758. The average molecular weight is 366 g/mol. The Morgan fingerprint density at radius 1 is 1.16 bits per heavy atom. The monoisotopic (exact) mass is 366 g/mol. The summed E-state index contributed by atoms with van der Waals surface area (Å²) in [4.78, 5) is 37.0. The molecular formula is C18H26N2O4S. The lowest BCUT2D eigenvalue weighted by molar-refractivity contribution is -0.125. The van der Waals surface area contributed by atoms with Gasteiger partial charge in [-0.3, -0.25) is 9.59 Å². The highest BCUT2D eigenvalue weighted by Gasteiger charge is 2.27. The fourth-order valence-corrected chi connectivity index (χ4v) is 4.02. The number of rotatable bonds is 6. The number of carbonyl (C=O) groups is 3. The summed E-state index contributed by atoms with van der Waals surface area (Å²) in [6.07, 6.45) is 3.80. The first-order valence-electron chi connectivity index (χ1n) is 8.68. The van der Waals surface area contributed by atoms with E-state index in [9.17, 15) is 14.4 Å². The van der Waals surface area contributed by atoms with Gasteiger partial charge in [0.1, 0.15) is 5.00 Å². The molecule has 1 aliphatic rings. The minimum Gasteiger partial charge on any atom is -0.452 e. The van der Waals surface area contributed by atoms with Crippen molar-refractivity contribution < 1.29 is 19.1 Å². The summed E-state index contributed by atoms with van der Waals surface area (Å²) in [5.41, 5.74) is 1.38. The van der Waals surface area contributed by atoms with Crippen LogP contribution in [0.1, 0.15) is 61.3 Å². The molecule has 2 N–H and O–H groups in total. The summed E-state index contributed by atoms with van der Waals surface area (Å²) in [7, 11) is 0. The van der Waals surface area contributed by atoms with Crippen LogP contribution < -0.4 is 10.6 Å². The van der Waals surface area contributed by atoms with Crippen molar-refractivity contribution in [3.63, 3.8) is 0 Å². The van der Waals surface area contributed by atoms with E-state index in [-0.39, 0.29) is 24.5 Å². The molecule has 0 saturated carbocycles. The number of fused-ring (bicyclic) bond motifs is 1. The second-order valence-electron chi connectivity index (χ2n) is 6.77. The largest absolute Gasteiger partial charge is 0.452 e. The Hall–Kier alpha value is -1.89. The third kappa shape index (κ3) is 5.04. The van der Waals surface area contributed by atoms with E-state index in [0.717, 1.165) is 36.1 Å². The number of nitrogens with one attached hydrogen (secondary N) is 2. The van der Waals surface area contributed by atoms with E-state index in [1.54, 1.807) is 0 Å². The van der Waals surface area contributed by atoms with Crippen molar-refractivity contribution >= 4 is 34.1 Å². The summed E-state index contributed by atoms with van der Waals surface area (Å²) >= 11 is 1.43. The molecule has 2 amide bonds. The van der Waals surface area contributed by atoms with E-state index in [4.69, 9.17) is 4.74 Å². The number of amides is 2. The molecule has 1 heterocycles. The standard InChI is InChI=1S/C18H26N2O4S/c1-10(2)11(3)19-15(22)9-24-18(23)16-13-7-5-6-8-14(13)25-17(16)20-12(4)21/h10-11H,5-9H2,1-4H3,(H,19,22)(H,20,21)/t11-/m1/s1. The third-order valence-electron chi connectivity index (χ3n) is 4.39. The highest BCUT2D eigenvalue weighted by Crippen LogP contribution is 2.38. The zero-order valence-electron chi connectivity index (χ0n) is 15.2. The van der Waals surface area contributed by atoms with Crippen molar-refractivity contribution in [2.24, 2.45) is 5.92 Å². The summed E-state index contributed by atoms with van der Waals surface area (Å²) < 4.78 is 5.22. The maximum atomic E-state index is 12.6. The molecule has 0 unspecified atom stereocenters. The minimum atomic E-state index is -0.546. The highest BCUT2D eigenvalue weighted by atomic mass is 32.1. The van der Waals surface area contributed by atoms with E-state index < -0.39 is 5.97 Å². The number of ether oxygens (including phenoxy) is 1. The van der Waals surface area contributed by atoms with Gasteiger partial charge in [-0.05, 0) is 44.1 Å². The first-order chi connectivity index (χ1) is 11.8. The van der Waals surface area contributed by atoms with Crippen LogP contribution in [0.3, 0.4) is 0 Å². The Balaban J connectivity index is 2.09. The number of esters is 1. The number of thiophene rings is 1. The molecular weight excluding hydrogens is 340 g/mol. The van der Waals surface area contributed by atoms with Gasteiger partial charge in [0.2, 0.25) is 5.91 Å². The van der Waals surface area contributed by atoms with Gasteiger partial charge in [-0.2, -0.15) is 0 Å². The molecule has 0 aromatic carbocycles. The smallest absolute Gasteiger partial charge is 0.341 e. The topological polar surface area (TPSA) is 84.5 Å². The SMILES string of the molecule is CC(=O)Nc1sc2c(c1C(=O)OCC(=O)N[C@H](C)C(C)C)CCCC2. The van der Waals surface area contributed by atoms with Crippen LogP contribution in [0.2, 0.25) is 0 Å². The Labute approximate surface area is 152 Å². The molecule has 7 heteroatoms. The maximum Gasteiger partial charge on any atom is 0.341 e. The molecule has 1 atom stereocenters. The van der Waals surface area contributed by atoms with E-state index in [2.05, 4.69) is 10.6 Å². The molecule has 6 nitrogen and oxygen atoms in total. The first-order valence-corrected chi connectivity index (χ1v) is 9.49. The van der Waals surface area contributed by atoms with Gasteiger partial charge in [0.25, 0.3) is 5.91 Å². The average Bonchev–Trinajstić information content (AvgIpc) is 2.89. The van der Waals surface area contributed by atoms with E-state index in [1.165, 1.54) is 18.3 Å². The van der Waals surface area contributed by atoms with Gasteiger partial charge in [0, 0.05) is 17.8 Å². The predicted octanol–water partition coefficient (Wildman–Crippen LogP) is 2.90. The predicted molar refractivity (Wildman–Crippen MR) is 98.0 cm³/mol. The van der Waals surface area contributed by atoms with Crippen LogP contribution >= 0.6 is 11.3 Å². The Bertz CT molecular complexity index is 666. The third-order valence-corrected chi connectivity index (χ3v) is 5.60. The van der Waals surface area contributed by atoms with Crippen LogP contribution in [0.25, 0.3) is 0 Å². The van der Waals surface area contributed by atoms with Crippen LogP contribution in [0, 0.1) is 5.92 Å². The molecule has 1 aliphatic carbocycles. The van der Waals surface area contributed by atoms with E-state index in [1.807, 2.05) is 20.8 Å². The molecule has 0 bridgehead atoms. The number of carbonyl (C=O) groups excluding carboxylic acids is 3. The minimum absolute atomic E-state index is 0.00931. The summed E-state index contributed by atoms with van der Waals surface area (Å²) in [5.74, 6) is -0.790. The highest BCUT2D eigenvalue weighted by molar-refractivity contribution is 7.17. The fraction of sp³-hybridized carbons (Fsp3) is 0.611. The molecule has 1 aromatic heterocycles. The van der Waals surface area contributed by atoms with Gasteiger partial charge in [-0.15, -0.1) is 11.3 Å². The molecule has 25 heavy (non-hydrogen) atoms. The molecule has 0 fully saturated rings. The van der Waals surface area contributed by atoms with Crippen molar-refractivity contribution in [3.8, 4) is 0 Å². The number of aryl methyl sites for hydroxylation is 1. The van der Waals surface area contributed by atoms with Crippen LogP contribution in [0.5, 0.6) is 0 Å². The van der Waals surface area contributed by atoms with Crippen molar-refractivity contribution in [3.05, 3.63) is 16.0 Å². The van der Waals surface area contributed by atoms with Crippen molar-refractivity contribution in [1.29, 1.82) is 0 Å². The van der Waals surface area contributed by atoms with E-state index >= 15 is 0 Å². The van der Waals surface area contributed by atoms with Crippen LogP contribution in [0.15, 0.2) is 0 Å². The second-order valence-corrected chi connectivity index (χ2v) is 7.88. The Morgan fingerprint density at radius 2 is 1.84 bits per heavy atom. The normalized spacial score (nSPS) is 14.6. The molecule has 2 rings (SSSR count). The van der Waals surface area contributed by atoms with Gasteiger partial charge in [0.05, 0.1) is 5.56 Å². The molecule has 0 aliphatic heterocycles. The van der Waals surface area contributed by atoms with Crippen LogP contribution in [-0.2, 0) is 27.2 Å². The lowest BCUT2D eigenvalue weighted by Gasteiger charge is -2.17. The molecule has 0 radical (unpaired) electrons. The zero-order chi connectivity index (χ0) is 18.6. The number of hydrogen-bond donors (Lipinski definition) is 2. The molecule has 138 valence electrons. The van der Waals surface area contributed by atoms with Gasteiger partial charge in [0.15, 0.2) is 6.61 Å². The Morgan fingerprint density at radius 3 is 2.48 bits per heavy atom. The Kier molecular flexibility index (Phi) is 6.58. The van der Waals surface area contributed by atoms with Crippen molar-refractivity contribution in [1.82, 2.24) is 5.32 Å². The summed E-state index contributed by atoms with van der Waals surface area (Å²) in [6, 6.07) is 0.00931. The van der Waals surface area contributed by atoms with Crippen LogP contribution in [0.4, 0.5) is 5.00 Å². The lowest BCUT2D eigenvalue weighted by Crippen LogP contribution is -2.38. The van der Waals surface area contributed by atoms with Gasteiger partial charge in [-0.25, -0.2) is 4.79 Å². The summed E-state index contributed by atoms with van der Waals surface area (Å²) in [5, 5.41) is 6.06. The zero-order valence-corrected chi connectivity index (χ0v) is 16.0. The molecule has 0 saturated heterocycles. The number of anilines is 1. The van der Waals surface area contributed by atoms with Gasteiger partial charge in [-0.1, -0.05) is 13.8 Å². The van der Waals surface area contributed by atoms with Gasteiger partial charge < -0.3 is 15.4 Å². The first kappa shape index (κ1) is 19.4. The second kappa shape index (κ2) is 8.47. The lowest BCUT2D eigenvalue weighted by atomic mass is 9.95. The van der Waals surface area contributed by atoms with Crippen molar-refractivity contribution in [2.75, 3.05) is 11.9 Å². The number of hydrogen-bond acceptors (Lipinski definition) is 5. The van der Waals surface area contributed by atoms with Crippen molar-refractivity contribution in [2.45, 2.75) is 59.4 Å². The molecule has 0 spiro atoms. The van der Waals surface area contributed by atoms with E-state index in [0.29, 0.717) is 16.5 Å². The molecule has 1 aromatic rings. The maximum absolute atomic E-state index is 12.6. The summed E-state index contributed by atoms with van der Waals surface area (Å²) in [6.45, 7) is 7.02. The fourth-order valence-electron chi connectivity index (χ4n) is 2.70.